The number of amides is 1. The van der Waals surface area contributed by atoms with Gasteiger partial charge in [-0.3, -0.25) is 4.79 Å². The lowest BCUT2D eigenvalue weighted by Crippen LogP contribution is -2.27. The first-order chi connectivity index (χ1) is 10.2. The van der Waals surface area contributed by atoms with Crippen LogP contribution in [0.2, 0.25) is 0 Å². The molecule has 5 nitrogen and oxygen atoms in total. The molecule has 4 N–H and O–H groups in total. The average Bonchev–Trinajstić information content (AvgIpc) is 2.50. The molecule has 0 radical (unpaired) electrons. The Kier molecular flexibility index (Phi) is 5.87. The van der Waals surface area contributed by atoms with Crippen molar-refractivity contribution in [3.63, 3.8) is 0 Å². The molecule has 1 amide bonds. The van der Waals surface area contributed by atoms with E-state index in [1.807, 2.05) is 12.1 Å². The summed E-state index contributed by atoms with van der Waals surface area (Å²) in [5.41, 5.74) is 8.20. The Labute approximate surface area is 126 Å². The fourth-order valence-corrected chi connectivity index (χ4v) is 2.67. The highest BCUT2D eigenvalue weighted by Crippen LogP contribution is 2.25. The van der Waals surface area contributed by atoms with Crippen LogP contribution in [0.4, 0.5) is 11.4 Å². The third-order valence-corrected chi connectivity index (χ3v) is 3.87. The molecule has 0 atom stereocenters. The van der Waals surface area contributed by atoms with Crippen molar-refractivity contribution in [2.45, 2.75) is 38.1 Å². The molecule has 21 heavy (non-hydrogen) atoms. The van der Waals surface area contributed by atoms with E-state index in [0.29, 0.717) is 30.4 Å². The fraction of sp³-hybridized carbons (Fsp3) is 0.562. The number of ether oxygens (including phenoxy) is 1. The van der Waals surface area contributed by atoms with E-state index in [0.717, 1.165) is 5.69 Å². The molecule has 2 rings (SSSR count). The Balaban J connectivity index is 1.94. The van der Waals surface area contributed by atoms with Gasteiger partial charge in [0.2, 0.25) is 0 Å². The van der Waals surface area contributed by atoms with Crippen molar-refractivity contribution in [2.24, 2.45) is 0 Å². The summed E-state index contributed by atoms with van der Waals surface area (Å²) in [5, 5.41) is 6.28. The number of nitrogens with two attached hydrogens (primary N) is 1. The number of nitrogens with one attached hydrogen (secondary N) is 2. The normalized spacial score (nSPS) is 15.7. The second-order valence-corrected chi connectivity index (χ2v) is 5.53. The zero-order chi connectivity index (χ0) is 15.1. The minimum absolute atomic E-state index is 0.122. The van der Waals surface area contributed by atoms with Gasteiger partial charge in [-0.25, -0.2) is 0 Å². The Morgan fingerprint density at radius 1 is 1.33 bits per heavy atom. The van der Waals surface area contributed by atoms with E-state index < -0.39 is 0 Å². The third kappa shape index (κ3) is 4.63. The van der Waals surface area contributed by atoms with Crippen LogP contribution in [0.1, 0.15) is 42.5 Å². The Hall–Kier alpha value is -1.75. The van der Waals surface area contributed by atoms with Gasteiger partial charge in [0.15, 0.2) is 0 Å². The number of hydrogen-bond donors (Lipinski definition) is 3. The molecule has 1 aliphatic carbocycles. The van der Waals surface area contributed by atoms with Crippen LogP contribution >= 0.6 is 0 Å². The molecule has 5 heteroatoms. The zero-order valence-electron chi connectivity index (χ0n) is 12.7. The maximum Gasteiger partial charge on any atom is 0.251 e. The second kappa shape index (κ2) is 7.88. The highest BCUT2D eigenvalue weighted by molar-refractivity contribution is 5.96. The number of carbonyl (C=O) groups excluding carboxylic acids is 1. The molecular formula is C16H25N3O2. The van der Waals surface area contributed by atoms with E-state index in [9.17, 15) is 4.79 Å². The van der Waals surface area contributed by atoms with E-state index in [4.69, 9.17) is 10.5 Å². The molecular weight excluding hydrogens is 266 g/mol. The Morgan fingerprint density at radius 2 is 2.10 bits per heavy atom. The molecule has 0 aromatic heterocycles. The summed E-state index contributed by atoms with van der Waals surface area (Å²) in [6.45, 7) is 1.000. The van der Waals surface area contributed by atoms with Gasteiger partial charge >= 0.3 is 0 Å². The molecule has 1 aromatic rings. The summed E-state index contributed by atoms with van der Waals surface area (Å²) >= 11 is 0. The molecule has 1 aromatic carbocycles. The van der Waals surface area contributed by atoms with Gasteiger partial charge in [0, 0.05) is 25.3 Å². The van der Waals surface area contributed by atoms with Gasteiger partial charge in [0.25, 0.3) is 5.91 Å². The average molecular weight is 291 g/mol. The lowest BCUT2D eigenvalue weighted by molar-refractivity contribution is 0.0937. The molecule has 0 heterocycles. The van der Waals surface area contributed by atoms with E-state index in [2.05, 4.69) is 10.6 Å². The Bertz CT molecular complexity index is 471. The van der Waals surface area contributed by atoms with Crippen molar-refractivity contribution in [1.82, 2.24) is 5.32 Å². The quantitative estimate of drug-likeness (QED) is 0.555. The van der Waals surface area contributed by atoms with Gasteiger partial charge in [-0.2, -0.15) is 0 Å². The van der Waals surface area contributed by atoms with Gasteiger partial charge < -0.3 is 21.1 Å². The highest BCUT2D eigenvalue weighted by atomic mass is 16.5. The molecule has 0 spiro atoms. The molecule has 116 valence electrons. The predicted molar refractivity (Wildman–Crippen MR) is 85.6 cm³/mol. The van der Waals surface area contributed by atoms with Gasteiger partial charge in [-0.05, 0) is 31.0 Å². The van der Waals surface area contributed by atoms with Crippen molar-refractivity contribution in [3.8, 4) is 0 Å². The molecule has 1 saturated carbocycles. The monoisotopic (exact) mass is 291 g/mol. The third-order valence-electron chi connectivity index (χ3n) is 3.87. The smallest absolute Gasteiger partial charge is 0.251 e. The summed E-state index contributed by atoms with van der Waals surface area (Å²) in [4.78, 5) is 11.9. The number of nitrogen functional groups attached to an aromatic ring is 1. The number of hydrogen-bond acceptors (Lipinski definition) is 4. The number of rotatable bonds is 6. The van der Waals surface area contributed by atoms with Gasteiger partial charge in [-0.1, -0.05) is 19.3 Å². The number of anilines is 2. The summed E-state index contributed by atoms with van der Waals surface area (Å²) in [5.74, 6) is -0.122. The predicted octanol–water partition coefficient (Wildman–Crippen LogP) is 2.39. The molecule has 1 fully saturated rings. The highest BCUT2D eigenvalue weighted by Gasteiger charge is 2.15. The number of benzene rings is 1. The summed E-state index contributed by atoms with van der Waals surface area (Å²) in [7, 11) is 1.61. The van der Waals surface area contributed by atoms with Crippen LogP contribution in [0, 0.1) is 0 Å². The molecule has 1 aliphatic rings. The van der Waals surface area contributed by atoms with Gasteiger partial charge in [0.1, 0.15) is 0 Å². The first kappa shape index (κ1) is 15.6. The van der Waals surface area contributed by atoms with Gasteiger partial charge in [0.05, 0.1) is 18.0 Å². The topological polar surface area (TPSA) is 76.4 Å². The lowest BCUT2D eigenvalue weighted by Gasteiger charge is -2.24. The van der Waals surface area contributed by atoms with Crippen molar-refractivity contribution in [3.05, 3.63) is 23.8 Å². The van der Waals surface area contributed by atoms with Crippen LogP contribution < -0.4 is 16.4 Å². The van der Waals surface area contributed by atoms with Crippen LogP contribution in [-0.2, 0) is 4.74 Å². The van der Waals surface area contributed by atoms with Crippen LogP contribution in [0.15, 0.2) is 18.2 Å². The van der Waals surface area contributed by atoms with Crippen molar-refractivity contribution < 1.29 is 9.53 Å². The lowest BCUT2D eigenvalue weighted by atomic mass is 9.95. The van der Waals surface area contributed by atoms with E-state index in [1.165, 1.54) is 32.1 Å². The van der Waals surface area contributed by atoms with E-state index in [-0.39, 0.29) is 5.91 Å². The zero-order valence-corrected chi connectivity index (χ0v) is 12.7. The second-order valence-electron chi connectivity index (χ2n) is 5.53. The minimum atomic E-state index is -0.122. The fourth-order valence-electron chi connectivity index (χ4n) is 2.67. The van der Waals surface area contributed by atoms with Crippen LogP contribution in [0.25, 0.3) is 0 Å². The van der Waals surface area contributed by atoms with Crippen molar-refractivity contribution >= 4 is 17.3 Å². The molecule has 0 saturated heterocycles. The molecule has 0 aliphatic heterocycles. The van der Waals surface area contributed by atoms with E-state index in [1.54, 1.807) is 13.2 Å². The Morgan fingerprint density at radius 3 is 2.76 bits per heavy atom. The summed E-state index contributed by atoms with van der Waals surface area (Å²) in [6.07, 6.45) is 6.26. The summed E-state index contributed by atoms with van der Waals surface area (Å²) < 4.78 is 4.91. The largest absolute Gasteiger partial charge is 0.397 e. The van der Waals surface area contributed by atoms with E-state index >= 15 is 0 Å². The number of methoxy groups -OCH3 is 1. The number of carbonyl (C=O) groups is 1. The van der Waals surface area contributed by atoms with Crippen LogP contribution in [0.5, 0.6) is 0 Å². The van der Waals surface area contributed by atoms with Crippen molar-refractivity contribution in [1.29, 1.82) is 0 Å². The molecule has 0 bridgehead atoms. The maximum absolute atomic E-state index is 11.9. The maximum atomic E-state index is 11.9. The molecule has 0 unspecified atom stereocenters. The summed E-state index contributed by atoms with van der Waals surface area (Å²) in [6, 6.07) is 5.94. The minimum Gasteiger partial charge on any atom is -0.397 e. The van der Waals surface area contributed by atoms with Gasteiger partial charge in [-0.15, -0.1) is 0 Å². The first-order valence-corrected chi connectivity index (χ1v) is 7.64. The van der Waals surface area contributed by atoms with Crippen LogP contribution in [-0.4, -0.2) is 32.2 Å². The SMILES string of the molecule is COCCNC(=O)c1ccc(NC2CCCCC2)c(N)c1. The standard InChI is InChI=1S/C16H25N3O2/c1-21-10-9-18-16(20)12-7-8-15(14(17)11-12)19-13-5-3-2-4-6-13/h7-8,11,13,19H,2-6,9-10,17H2,1H3,(H,18,20). The first-order valence-electron chi connectivity index (χ1n) is 7.64. The van der Waals surface area contributed by atoms with Crippen LogP contribution in [0.3, 0.4) is 0 Å². The van der Waals surface area contributed by atoms with Crippen molar-refractivity contribution in [2.75, 3.05) is 31.3 Å².